The summed E-state index contributed by atoms with van der Waals surface area (Å²) >= 11 is 0. The van der Waals surface area contributed by atoms with Crippen LogP contribution in [0.5, 0.6) is 0 Å². The number of carbonyl (C=O) groups is 2. The van der Waals surface area contributed by atoms with Gasteiger partial charge in [-0.3, -0.25) is 14.6 Å². The van der Waals surface area contributed by atoms with Gasteiger partial charge >= 0.3 is 5.97 Å². The molecule has 3 aromatic rings. The Balaban J connectivity index is 1.56. The van der Waals surface area contributed by atoms with Crippen molar-refractivity contribution in [1.82, 2.24) is 24.9 Å². The van der Waals surface area contributed by atoms with E-state index in [9.17, 15) is 9.59 Å². The van der Waals surface area contributed by atoms with Crippen molar-refractivity contribution < 1.29 is 14.3 Å². The Morgan fingerprint density at radius 1 is 1.24 bits per heavy atom. The molecule has 1 amide bonds. The van der Waals surface area contributed by atoms with Crippen molar-refractivity contribution >= 4 is 11.9 Å². The Morgan fingerprint density at radius 2 is 2.00 bits per heavy atom. The van der Waals surface area contributed by atoms with Crippen molar-refractivity contribution in [3.63, 3.8) is 0 Å². The van der Waals surface area contributed by atoms with Crippen molar-refractivity contribution in [1.29, 1.82) is 0 Å². The molecule has 1 aromatic carbocycles. The minimum absolute atomic E-state index is 0.153. The second kappa shape index (κ2) is 7.54. The van der Waals surface area contributed by atoms with E-state index < -0.39 is 5.97 Å². The summed E-state index contributed by atoms with van der Waals surface area (Å²) in [5, 5.41) is 11.4. The Hall–Kier alpha value is -3.42. The van der Waals surface area contributed by atoms with Crippen LogP contribution in [0.15, 0.2) is 30.3 Å². The number of ether oxygens (including phenoxy) is 1. The van der Waals surface area contributed by atoms with Crippen molar-refractivity contribution in [2.45, 2.75) is 26.8 Å². The van der Waals surface area contributed by atoms with Crippen LogP contribution in [-0.2, 0) is 24.8 Å². The molecular weight excluding hydrogens is 370 g/mol. The highest BCUT2D eigenvalue weighted by atomic mass is 16.5. The quantitative estimate of drug-likeness (QED) is 0.688. The van der Waals surface area contributed by atoms with Gasteiger partial charge in [0.15, 0.2) is 5.69 Å². The van der Waals surface area contributed by atoms with Gasteiger partial charge in [-0.1, -0.05) is 29.8 Å². The summed E-state index contributed by atoms with van der Waals surface area (Å²) in [6.45, 7) is 4.92. The van der Waals surface area contributed by atoms with Crippen molar-refractivity contribution in [2.75, 3.05) is 13.2 Å². The molecule has 1 aliphatic rings. The van der Waals surface area contributed by atoms with Crippen LogP contribution in [-0.4, -0.2) is 49.9 Å². The minimum atomic E-state index is -0.457. The molecular formula is C21H23N5O3. The van der Waals surface area contributed by atoms with Crippen LogP contribution in [0.2, 0.25) is 0 Å². The number of hydrogen-bond acceptors (Lipinski definition) is 5. The molecule has 0 bridgehead atoms. The monoisotopic (exact) mass is 393 g/mol. The number of nitrogens with one attached hydrogen (secondary N) is 1. The summed E-state index contributed by atoms with van der Waals surface area (Å²) in [7, 11) is 1.81. The smallest absolute Gasteiger partial charge is 0.359 e. The molecule has 1 N–H and O–H groups in total. The number of rotatable bonds is 4. The fraction of sp³-hybridized carbons (Fsp3) is 0.333. The number of H-pyrrole nitrogens is 1. The second-order valence-corrected chi connectivity index (χ2v) is 7.13. The number of carbonyl (C=O) groups excluding carboxylic acids is 2. The van der Waals surface area contributed by atoms with Gasteiger partial charge in [-0.15, -0.1) is 0 Å². The number of fused-ring (bicyclic) bond motifs is 1. The molecule has 0 saturated heterocycles. The lowest BCUT2D eigenvalue weighted by atomic mass is 10.0. The van der Waals surface area contributed by atoms with Crippen LogP contribution in [0.25, 0.3) is 11.3 Å². The van der Waals surface area contributed by atoms with Crippen molar-refractivity contribution in [2.24, 2.45) is 7.05 Å². The van der Waals surface area contributed by atoms with E-state index in [1.54, 1.807) is 22.6 Å². The van der Waals surface area contributed by atoms with E-state index in [4.69, 9.17) is 4.74 Å². The van der Waals surface area contributed by atoms with E-state index in [0.29, 0.717) is 25.2 Å². The lowest BCUT2D eigenvalue weighted by Crippen LogP contribution is -2.37. The molecule has 0 atom stereocenters. The molecule has 0 saturated carbocycles. The summed E-state index contributed by atoms with van der Waals surface area (Å²) in [6, 6.07) is 9.74. The number of amides is 1. The van der Waals surface area contributed by atoms with Gasteiger partial charge in [-0.25, -0.2) is 4.79 Å². The molecule has 4 rings (SSSR count). The maximum absolute atomic E-state index is 13.0. The molecule has 0 spiro atoms. The van der Waals surface area contributed by atoms with Gasteiger partial charge < -0.3 is 9.64 Å². The Labute approximate surface area is 168 Å². The van der Waals surface area contributed by atoms with Crippen LogP contribution in [0.1, 0.15) is 44.7 Å². The first kappa shape index (κ1) is 18.9. The molecule has 150 valence electrons. The normalized spacial score (nSPS) is 13.3. The fourth-order valence-corrected chi connectivity index (χ4v) is 3.60. The van der Waals surface area contributed by atoms with Crippen LogP contribution in [0, 0.1) is 6.92 Å². The molecule has 0 unspecified atom stereocenters. The first-order valence-corrected chi connectivity index (χ1v) is 9.61. The molecule has 0 aliphatic carbocycles. The lowest BCUT2D eigenvalue weighted by molar-refractivity contribution is 0.0513. The third-order valence-corrected chi connectivity index (χ3v) is 5.15. The summed E-state index contributed by atoms with van der Waals surface area (Å²) < 4.78 is 6.82. The number of aromatic amines is 1. The van der Waals surface area contributed by atoms with E-state index >= 15 is 0 Å². The predicted molar refractivity (Wildman–Crippen MR) is 106 cm³/mol. The Kier molecular flexibility index (Phi) is 4.92. The van der Waals surface area contributed by atoms with Gasteiger partial charge in [-0.05, 0) is 19.9 Å². The lowest BCUT2D eigenvalue weighted by Gasteiger charge is -2.27. The minimum Gasteiger partial charge on any atom is -0.461 e. The summed E-state index contributed by atoms with van der Waals surface area (Å²) in [5.41, 5.74) is 5.25. The third kappa shape index (κ3) is 3.53. The summed E-state index contributed by atoms with van der Waals surface area (Å²) in [4.78, 5) is 27.0. The highest BCUT2D eigenvalue weighted by molar-refractivity contribution is 5.94. The number of aryl methyl sites for hydroxylation is 2. The first-order valence-electron chi connectivity index (χ1n) is 9.61. The summed E-state index contributed by atoms with van der Waals surface area (Å²) in [5.74, 6) is -0.609. The SMILES string of the molecule is CCOC(=O)c1nn(C)c2c1CN(C(=O)c1cc(-c3ccc(C)cc3)n[nH]1)CC2. The highest BCUT2D eigenvalue weighted by Gasteiger charge is 2.30. The van der Waals surface area contributed by atoms with Gasteiger partial charge in [0.1, 0.15) is 5.69 Å². The van der Waals surface area contributed by atoms with Crippen LogP contribution < -0.4 is 0 Å². The van der Waals surface area contributed by atoms with E-state index in [1.165, 1.54) is 5.56 Å². The molecule has 1 aliphatic heterocycles. The van der Waals surface area contributed by atoms with Gasteiger partial charge in [0.2, 0.25) is 0 Å². The number of aromatic nitrogens is 4. The number of benzene rings is 1. The average molecular weight is 393 g/mol. The Morgan fingerprint density at radius 3 is 2.72 bits per heavy atom. The van der Waals surface area contributed by atoms with Gasteiger partial charge in [0.05, 0.1) is 18.8 Å². The van der Waals surface area contributed by atoms with Gasteiger partial charge in [0, 0.05) is 36.8 Å². The highest BCUT2D eigenvalue weighted by Crippen LogP contribution is 2.25. The van der Waals surface area contributed by atoms with Gasteiger partial charge in [0.25, 0.3) is 5.91 Å². The van der Waals surface area contributed by atoms with E-state index in [2.05, 4.69) is 15.3 Å². The number of nitrogens with zero attached hydrogens (tertiary/aromatic N) is 4. The molecule has 8 heteroatoms. The van der Waals surface area contributed by atoms with Crippen LogP contribution >= 0.6 is 0 Å². The van der Waals surface area contributed by atoms with Crippen molar-refractivity contribution in [3.8, 4) is 11.3 Å². The average Bonchev–Trinajstić information content (AvgIpc) is 3.33. The van der Waals surface area contributed by atoms with E-state index in [1.807, 2.05) is 38.2 Å². The molecule has 2 aromatic heterocycles. The predicted octanol–water partition coefficient (Wildman–Crippen LogP) is 2.49. The Bertz CT molecular complexity index is 1060. The summed E-state index contributed by atoms with van der Waals surface area (Å²) in [6.07, 6.45) is 0.628. The molecule has 8 nitrogen and oxygen atoms in total. The number of hydrogen-bond donors (Lipinski definition) is 1. The molecule has 3 heterocycles. The van der Waals surface area contributed by atoms with Crippen LogP contribution in [0.4, 0.5) is 0 Å². The second-order valence-electron chi connectivity index (χ2n) is 7.13. The van der Waals surface area contributed by atoms with Crippen LogP contribution in [0.3, 0.4) is 0 Å². The third-order valence-electron chi connectivity index (χ3n) is 5.15. The topological polar surface area (TPSA) is 93.1 Å². The molecule has 29 heavy (non-hydrogen) atoms. The zero-order valence-corrected chi connectivity index (χ0v) is 16.7. The first-order chi connectivity index (χ1) is 14.0. The van der Waals surface area contributed by atoms with E-state index in [0.717, 1.165) is 22.5 Å². The zero-order valence-electron chi connectivity index (χ0n) is 16.7. The standard InChI is InChI=1S/C21H23N5O3/c1-4-29-21(28)19-15-12-26(10-9-18(15)25(3)24-19)20(27)17-11-16(22-23-17)14-7-5-13(2)6-8-14/h5-8,11H,4,9-10,12H2,1-3H3,(H,22,23). The molecule has 0 fully saturated rings. The molecule has 0 radical (unpaired) electrons. The van der Waals surface area contributed by atoms with Crippen molar-refractivity contribution in [3.05, 3.63) is 58.5 Å². The van der Waals surface area contributed by atoms with E-state index in [-0.39, 0.29) is 18.2 Å². The largest absolute Gasteiger partial charge is 0.461 e. The fourth-order valence-electron chi connectivity index (χ4n) is 3.60. The maximum Gasteiger partial charge on any atom is 0.359 e. The zero-order chi connectivity index (χ0) is 20.5. The van der Waals surface area contributed by atoms with Gasteiger partial charge in [-0.2, -0.15) is 10.2 Å². The number of esters is 1. The maximum atomic E-state index is 13.0.